The largest absolute Gasteiger partial charge is 0.391 e. The van der Waals surface area contributed by atoms with Crippen LogP contribution in [0.1, 0.15) is 77.9 Å². The van der Waals surface area contributed by atoms with Crippen LogP contribution in [-0.4, -0.2) is 33.5 Å². The van der Waals surface area contributed by atoms with Gasteiger partial charge in [0.1, 0.15) is 5.82 Å². The van der Waals surface area contributed by atoms with E-state index in [1.54, 1.807) is 6.07 Å². The van der Waals surface area contributed by atoms with Crippen LogP contribution in [0.5, 0.6) is 0 Å². The van der Waals surface area contributed by atoms with E-state index >= 15 is 4.39 Å². The molecule has 2 aliphatic rings. The molecule has 31 heavy (non-hydrogen) atoms. The van der Waals surface area contributed by atoms with Crippen molar-refractivity contribution in [3.63, 3.8) is 0 Å². The zero-order valence-electron chi connectivity index (χ0n) is 18.3. The monoisotopic (exact) mass is 427 g/mol. The number of carbonyl (C=O) groups is 2. The Morgan fingerprint density at radius 2 is 1.97 bits per heavy atom. The van der Waals surface area contributed by atoms with Crippen LogP contribution >= 0.6 is 0 Å². The Balaban J connectivity index is 1.82. The predicted octanol–water partition coefficient (Wildman–Crippen LogP) is 3.89. The fourth-order valence-electron chi connectivity index (χ4n) is 5.08. The fourth-order valence-corrected chi connectivity index (χ4v) is 5.08. The molecular weight excluding hydrogens is 397 g/mol. The number of carbonyl (C=O) groups excluding carboxylic acids is 2. The highest BCUT2D eigenvalue weighted by Crippen LogP contribution is 2.39. The minimum Gasteiger partial charge on any atom is -0.391 e. The number of aliphatic hydroxyl groups excluding tert-OH is 1. The minimum absolute atomic E-state index is 0.0976. The maximum atomic E-state index is 15.1. The Morgan fingerprint density at radius 1 is 1.26 bits per heavy atom. The van der Waals surface area contributed by atoms with Gasteiger partial charge in [-0.05, 0) is 49.3 Å². The molecule has 1 fully saturated rings. The van der Waals surface area contributed by atoms with E-state index in [2.05, 4.69) is 19.2 Å². The van der Waals surface area contributed by atoms with E-state index in [9.17, 15) is 14.7 Å². The summed E-state index contributed by atoms with van der Waals surface area (Å²) in [7, 11) is 0. The molecule has 0 aliphatic heterocycles. The van der Waals surface area contributed by atoms with Crippen LogP contribution < -0.4 is 11.1 Å². The lowest BCUT2D eigenvalue weighted by molar-refractivity contribution is 0.0909. The number of rotatable bonds is 4. The number of aromatic nitrogens is 1. The van der Waals surface area contributed by atoms with Crippen molar-refractivity contribution in [3.05, 3.63) is 46.5 Å². The molecule has 0 saturated heterocycles. The van der Waals surface area contributed by atoms with Crippen LogP contribution in [-0.2, 0) is 6.42 Å². The first-order valence-electron chi connectivity index (χ1n) is 10.9. The van der Waals surface area contributed by atoms with E-state index in [0.717, 1.165) is 30.5 Å². The number of nitrogens with zero attached hydrogens (tertiary/aromatic N) is 1. The van der Waals surface area contributed by atoms with Crippen molar-refractivity contribution in [1.82, 2.24) is 4.57 Å². The molecule has 1 heterocycles. The van der Waals surface area contributed by atoms with Gasteiger partial charge in [-0.25, -0.2) is 4.39 Å². The van der Waals surface area contributed by atoms with Crippen LogP contribution in [0.25, 0.3) is 5.69 Å². The van der Waals surface area contributed by atoms with E-state index in [1.807, 2.05) is 17.7 Å². The average Bonchev–Trinajstić information content (AvgIpc) is 2.98. The molecule has 1 amide bonds. The number of Topliss-reactive ketones (excluding diaryl/α,β-unsaturated/α-hetero) is 1. The Morgan fingerprint density at radius 3 is 2.65 bits per heavy atom. The van der Waals surface area contributed by atoms with Crippen LogP contribution in [0, 0.1) is 18.2 Å². The quantitative estimate of drug-likeness (QED) is 0.689. The van der Waals surface area contributed by atoms with E-state index in [1.165, 1.54) is 6.07 Å². The van der Waals surface area contributed by atoms with E-state index < -0.39 is 17.8 Å². The number of primary amides is 1. The molecule has 2 aromatic rings. The second-order valence-electron chi connectivity index (χ2n) is 9.76. The lowest BCUT2D eigenvalue weighted by Gasteiger charge is -2.31. The summed E-state index contributed by atoms with van der Waals surface area (Å²) in [4.78, 5) is 24.8. The van der Waals surface area contributed by atoms with Crippen molar-refractivity contribution in [3.8, 4) is 5.69 Å². The normalized spacial score (nSPS) is 22.8. The van der Waals surface area contributed by atoms with Crippen LogP contribution in [0.15, 0.2) is 18.3 Å². The van der Waals surface area contributed by atoms with Gasteiger partial charge in [-0.3, -0.25) is 9.59 Å². The third-order valence-electron chi connectivity index (χ3n) is 6.53. The first-order chi connectivity index (χ1) is 14.6. The number of hydrogen-bond acceptors (Lipinski definition) is 4. The van der Waals surface area contributed by atoms with Crippen LogP contribution in [0.4, 0.5) is 10.1 Å². The second kappa shape index (κ2) is 7.79. The highest BCUT2D eigenvalue weighted by Gasteiger charge is 2.35. The summed E-state index contributed by atoms with van der Waals surface area (Å²) in [6.07, 6.45) is 5.72. The Kier molecular flexibility index (Phi) is 5.41. The molecular formula is C24H30FN3O3. The number of aliphatic hydroxyl groups is 1. The topological polar surface area (TPSA) is 97.3 Å². The molecule has 166 valence electrons. The molecule has 4 rings (SSSR count). The molecule has 0 radical (unpaired) electrons. The van der Waals surface area contributed by atoms with Gasteiger partial charge in [-0.2, -0.15) is 0 Å². The van der Waals surface area contributed by atoms with Gasteiger partial charge < -0.3 is 20.7 Å². The summed E-state index contributed by atoms with van der Waals surface area (Å²) >= 11 is 0. The van der Waals surface area contributed by atoms with Crippen molar-refractivity contribution in [1.29, 1.82) is 0 Å². The molecule has 2 aliphatic carbocycles. The van der Waals surface area contributed by atoms with Crippen molar-refractivity contribution in [2.24, 2.45) is 11.1 Å². The van der Waals surface area contributed by atoms with E-state index in [-0.39, 0.29) is 28.5 Å². The van der Waals surface area contributed by atoms with Gasteiger partial charge in [0.05, 0.1) is 29.1 Å². The number of halogens is 1. The van der Waals surface area contributed by atoms with E-state index in [4.69, 9.17) is 5.73 Å². The van der Waals surface area contributed by atoms with Gasteiger partial charge in [-0.15, -0.1) is 0 Å². The summed E-state index contributed by atoms with van der Waals surface area (Å²) in [5.41, 5.74) is 8.28. The SMILES string of the molecule is Cc1cn(-c2cc(F)c(C(N)=O)c(N[C@H]3CCCC[C@@H]3O)c2)c2c1C(=O)CC(C)(C)C2. The standard InChI is InChI=1S/C24H30FN3O3/c1-13-12-28(18-10-24(2,3)11-20(30)21(13)18)14-8-15(25)22(23(26)31)17(9-14)27-16-6-4-5-7-19(16)29/h8-9,12,16,19,27,29H,4-7,10-11H2,1-3H3,(H2,26,31)/t16-,19-/m0/s1. The third kappa shape index (κ3) is 3.99. The molecule has 1 aromatic heterocycles. The van der Waals surface area contributed by atoms with Crippen molar-refractivity contribution < 1.29 is 19.1 Å². The number of aryl methyl sites for hydroxylation is 1. The molecule has 2 atom stereocenters. The average molecular weight is 428 g/mol. The van der Waals surface area contributed by atoms with Crippen molar-refractivity contribution >= 4 is 17.4 Å². The lowest BCUT2D eigenvalue weighted by Crippen LogP contribution is -2.37. The maximum Gasteiger partial charge on any atom is 0.253 e. The second-order valence-corrected chi connectivity index (χ2v) is 9.76. The molecule has 4 N–H and O–H groups in total. The summed E-state index contributed by atoms with van der Waals surface area (Å²) in [5.74, 6) is -1.49. The highest BCUT2D eigenvalue weighted by molar-refractivity contribution is 6.01. The molecule has 0 spiro atoms. The van der Waals surface area contributed by atoms with Gasteiger partial charge in [0.25, 0.3) is 5.91 Å². The predicted molar refractivity (Wildman–Crippen MR) is 117 cm³/mol. The maximum absolute atomic E-state index is 15.1. The number of nitrogens with one attached hydrogen (secondary N) is 1. The van der Waals surface area contributed by atoms with Crippen molar-refractivity contribution in [2.75, 3.05) is 5.32 Å². The number of fused-ring (bicyclic) bond motifs is 1. The number of anilines is 1. The number of benzene rings is 1. The zero-order chi connectivity index (χ0) is 22.5. The third-order valence-corrected chi connectivity index (χ3v) is 6.53. The fraction of sp³-hybridized carbons (Fsp3) is 0.500. The van der Waals surface area contributed by atoms with Gasteiger partial charge in [0, 0.05) is 23.9 Å². The molecule has 0 bridgehead atoms. The van der Waals surface area contributed by atoms with Gasteiger partial charge in [0.15, 0.2) is 5.78 Å². The Labute approximate surface area is 181 Å². The number of hydrogen-bond donors (Lipinski definition) is 3. The zero-order valence-corrected chi connectivity index (χ0v) is 18.3. The van der Waals surface area contributed by atoms with Gasteiger partial charge >= 0.3 is 0 Å². The smallest absolute Gasteiger partial charge is 0.253 e. The molecule has 1 saturated carbocycles. The van der Waals surface area contributed by atoms with Gasteiger partial charge in [-0.1, -0.05) is 26.7 Å². The van der Waals surface area contributed by atoms with Crippen LogP contribution in [0.2, 0.25) is 0 Å². The first kappa shape index (κ1) is 21.6. The Bertz CT molecular complexity index is 1060. The minimum atomic E-state index is -0.862. The molecule has 7 heteroatoms. The summed E-state index contributed by atoms with van der Waals surface area (Å²) in [5, 5.41) is 13.5. The number of ketones is 1. The molecule has 6 nitrogen and oxygen atoms in total. The first-order valence-corrected chi connectivity index (χ1v) is 10.9. The van der Waals surface area contributed by atoms with Crippen LogP contribution in [0.3, 0.4) is 0 Å². The van der Waals surface area contributed by atoms with E-state index in [0.29, 0.717) is 30.5 Å². The molecule has 0 unspecified atom stereocenters. The number of amides is 1. The Hall–Kier alpha value is -2.67. The summed E-state index contributed by atoms with van der Waals surface area (Å²) < 4.78 is 16.9. The number of nitrogens with two attached hydrogens (primary N) is 1. The lowest BCUT2D eigenvalue weighted by atomic mass is 9.75. The molecule has 1 aromatic carbocycles. The van der Waals surface area contributed by atoms with Crippen molar-refractivity contribution in [2.45, 2.75) is 71.4 Å². The summed E-state index contributed by atoms with van der Waals surface area (Å²) in [6, 6.07) is 2.70. The highest BCUT2D eigenvalue weighted by atomic mass is 19.1. The van der Waals surface area contributed by atoms with Gasteiger partial charge in [0.2, 0.25) is 0 Å². The summed E-state index contributed by atoms with van der Waals surface area (Å²) in [6.45, 7) is 5.99.